The zero-order chi connectivity index (χ0) is 16.4. The van der Waals surface area contributed by atoms with Crippen LogP contribution in [0.5, 0.6) is 0 Å². The maximum Gasteiger partial charge on any atom is 0.251 e. The molecule has 2 aliphatic heterocycles. The van der Waals surface area contributed by atoms with Gasteiger partial charge < -0.3 is 5.32 Å². The molecule has 2 aliphatic rings. The molecule has 0 saturated carbocycles. The van der Waals surface area contributed by atoms with Gasteiger partial charge in [0, 0.05) is 18.7 Å². The summed E-state index contributed by atoms with van der Waals surface area (Å²) in [6.07, 6.45) is 3.68. The lowest BCUT2D eigenvalue weighted by Gasteiger charge is -2.20. The summed E-state index contributed by atoms with van der Waals surface area (Å²) in [6, 6.07) is 17.2. The molecule has 0 unspecified atom stereocenters. The van der Waals surface area contributed by atoms with E-state index in [0.717, 1.165) is 18.7 Å². The van der Waals surface area contributed by atoms with E-state index in [9.17, 15) is 4.79 Å². The minimum atomic E-state index is 0.0754. The molecule has 0 radical (unpaired) electrons. The van der Waals surface area contributed by atoms with E-state index in [1.54, 1.807) is 0 Å². The van der Waals surface area contributed by atoms with Crippen molar-refractivity contribution >= 4 is 5.91 Å². The van der Waals surface area contributed by atoms with Crippen LogP contribution in [0.2, 0.25) is 0 Å². The van der Waals surface area contributed by atoms with Gasteiger partial charge in [-0.2, -0.15) is 0 Å². The summed E-state index contributed by atoms with van der Waals surface area (Å²) in [6.45, 7) is 4.06. The predicted octanol–water partition coefficient (Wildman–Crippen LogP) is 3.70. The van der Waals surface area contributed by atoms with Crippen molar-refractivity contribution in [2.45, 2.75) is 38.3 Å². The Labute approximate surface area is 143 Å². The summed E-state index contributed by atoms with van der Waals surface area (Å²) in [4.78, 5) is 14.3. The Kier molecular flexibility index (Phi) is 4.35. The average Bonchev–Trinajstić information content (AvgIpc) is 2.83. The molecule has 2 aromatic rings. The van der Waals surface area contributed by atoms with Gasteiger partial charge in [-0.25, -0.2) is 0 Å². The van der Waals surface area contributed by atoms with Gasteiger partial charge >= 0.3 is 0 Å². The number of carbonyl (C=O) groups is 1. The highest BCUT2D eigenvalue weighted by Crippen LogP contribution is 2.30. The molecule has 0 bridgehead atoms. The summed E-state index contributed by atoms with van der Waals surface area (Å²) < 4.78 is 0. The quantitative estimate of drug-likeness (QED) is 0.935. The third-order valence-electron chi connectivity index (χ3n) is 5.35. The van der Waals surface area contributed by atoms with E-state index in [-0.39, 0.29) is 5.91 Å². The molecule has 1 amide bonds. The zero-order valence-electron chi connectivity index (χ0n) is 14.0. The van der Waals surface area contributed by atoms with E-state index in [1.165, 1.54) is 42.5 Å². The Morgan fingerprint density at radius 2 is 1.92 bits per heavy atom. The molecular formula is C21H24N2O. The van der Waals surface area contributed by atoms with E-state index in [0.29, 0.717) is 12.5 Å². The van der Waals surface area contributed by atoms with E-state index in [4.69, 9.17) is 0 Å². The lowest BCUT2D eigenvalue weighted by atomic mass is 9.90. The highest BCUT2D eigenvalue weighted by Gasteiger charge is 2.23. The number of rotatable bonds is 3. The van der Waals surface area contributed by atoms with Gasteiger partial charge in [-0.3, -0.25) is 9.69 Å². The van der Waals surface area contributed by atoms with Crippen molar-refractivity contribution in [2.24, 2.45) is 0 Å². The first-order chi connectivity index (χ1) is 11.8. The summed E-state index contributed by atoms with van der Waals surface area (Å²) in [5.41, 5.74) is 4.84. The van der Waals surface area contributed by atoms with Gasteiger partial charge in [0.05, 0.1) is 0 Å². The molecule has 0 aromatic heterocycles. The van der Waals surface area contributed by atoms with Gasteiger partial charge in [-0.05, 0) is 61.0 Å². The number of amides is 1. The molecule has 4 rings (SSSR count). The highest BCUT2D eigenvalue weighted by atomic mass is 16.1. The van der Waals surface area contributed by atoms with Crippen LogP contribution in [0.1, 0.15) is 52.2 Å². The first kappa shape index (κ1) is 15.4. The molecule has 124 valence electrons. The largest absolute Gasteiger partial charge is 0.348 e. The Morgan fingerprint density at radius 1 is 1.04 bits per heavy atom. The molecule has 1 saturated heterocycles. The topological polar surface area (TPSA) is 32.3 Å². The van der Waals surface area contributed by atoms with Crippen LogP contribution in [0.25, 0.3) is 0 Å². The van der Waals surface area contributed by atoms with Gasteiger partial charge in [0.1, 0.15) is 0 Å². The van der Waals surface area contributed by atoms with Crippen LogP contribution in [0.15, 0.2) is 48.5 Å². The fourth-order valence-corrected chi connectivity index (χ4v) is 3.99. The van der Waals surface area contributed by atoms with Crippen LogP contribution in [0, 0.1) is 0 Å². The first-order valence-electron chi connectivity index (χ1n) is 8.97. The molecule has 0 aliphatic carbocycles. The number of nitrogens with zero attached hydrogens (tertiary/aromatic N) is 1. The molecule has 3 nitrogen and oxygen atoms in total. The number of fused-ring (bicyclic) bond motifs is 1. The van der Waals surface area contributed by atoms with Crippen LogP contribution in [-0.2, 0) is 13.1 Å². The minimum absolute atomic E-state index is 0.0754. The smallest absolute Gasteiger partial charge is 0.251 e. The number of benzene rings is 2. The second-order valence-corrected chi connectivity index (χ2v) is 6.99. The van der Waals surface area contributed by atoms with E-state index in [2.05, 4.69) is 52.7 Å². The summed E-state index contributed by atoms with van der Waals surface area (Å²) in [7, 11) is 0. The summed E-state index contributed by atoms with van der Waals surface area (Å²) >= 11 is 0. The van der Waals surface area contributed by atoms with Crippen molar-refractivity contribution in [1.82, 2.24) is 10.2 Å². The number of carbonyl (C=O) groups excluding carboxylic acids is 1. The van der Waals surface area contributed by atoms with Crippen molar-refractivity contribution < 1.29 is 4.79 Å². The average molecular weight is 320 g/mol. The predicted molar refractivity (Wildman–Crippen MR) is 95.9 cm³/mol. The highest BCUT2D eigenvalue weighted by molar-refractivity contribution is 5.98. The molecular weight excluding hydrogens is 296 g/mol. The molecule has 1 N–H and O–H groups in total. The van der Waals surface area contributed by atoms with Crippen LogP contribution >= 0.6 is 0 Å². The number of hydrogen-bond donors (Lipinski definition) is 1. The van der Waals surface area contributed by atoms with E-state index in [1.807, 2.05) is 6.07 Å². The molecule has 3 heteroatoms. The summed E-state index contributed by atoms with van der Waals surface area (Å²) in [5, 5.41) is 2.91. The molecule has 2 heterocycles. The van der Waals surface area contributed by atoms with Crippen molar-refractivity contribution in [2.75, 3.05) is 13.1 Å². The molecule has 1 atom stereocenters. The summed E-state index contributed by atoms with van der Waals surface area (Å²) in [5.74, 6) is 0.693. The van der Waals surface area contributed by atoms with Gasteiger partial charge in [0.15, 0.2) is 0 Å². The van der Waals surface area contributed by atoms with Crippen LogP contribution in [0.3, 0.4) is 0 Å². The maximum atomic E-state index is 11.7. The van der Waals surface area contributed by atoms with E-state index >= 15 is 0 Å². The van der Waals surface area contributed by atoms with Gasteiger partial charge in [-0.1, -0.05) is 42.5 Å². The van der Waals surface area contributed by atoms with Gasteiger partial charge in [-0.15, -0.1) is 0 Å². The third kappa shape index (κ3) is 3.22. The van der Waals surface area contributed by atoms with Crippen molar-refractivity contribution in [3.63, 3.8) is 0 Å². The van der Waals surface area contributed by atoms with Gasteiger partial charge in [0.25, 0.3) is 5.91 Å². The Bertz CT molecular complexity index is 726. The standard InChI is InChI=1S/C21H24N2O/c24-21-20-9-8-18(13-19(20)14-22-21)17-7-4-11-23(12-10-17)15-16-5-2-1-3-6-16/h1-3,5-6,8-9,13,17H,4,7,10-12,14-15H2,(H,22,24)/t17-/m0/s1. The number of hydrogen-bond acceptors (Lipinski definition) is 2. The minimum Gasteiger partial charge on any atom is -0.348 e. The lowest BCUT2D eigenvalue weighted by molar-refractivity contribution is 0.0966. The van der Waals surface area contributed by atoms with Crippen molar-refractivity contribution in [3.8, 4) is 0 Å². The fourth-order valence-electron chi connectivity index (χ4n) is 3.99. The lowest BCUT2D eigenvalue weighted by Crippen LogP contribution is -2.24. The second-order valence-electron chi connectivity index (χ2n) is 6.99. The monoisotopic (exact) mass is 320 g/mol. The second kappa shape index (κ2) is 6.78. The van der Waals surface area contributed by atoms with E-state index < -0.39 is 0 Å². The molecule has 24 heavy (non-hydrogen) atoms. The Morgan fingerprint density at radius 3 is 2.79 bits per heavy atom. The zero-order valence-corrected chi connectivity index (χ0v) is 14.0. The Hall–Kier alpha value is -2.13. The third-order valence-corrected chi connectivity index (χ3v) is 5.35. The Balaban J connectivity index is 1.42. The molecule has 1 fully saturated rings. The number of likely N-dealkylation sites (tertiary alicyclic amines) is 1. The van der Waals surface area contributed by atoms with Crippen LogP contribution in [0.4, 0.5) is 0 Å². The van der Waals surface area contributed by atoms with Crippen LogP contribution in [-0.4, -0.2) is 23.9 Å². The fraction of sp³-hybridized carbons (Fsp3) is 0.381. The van der Waals surface area contributed by atoms with Crippen molar-refractivity contribution in [1.29, 1.82) is 0 Å². The normalized spacial score (nSPS) is 21.2. The molecule has 2 aromatic carbocycles. The van der Waals surface area contributed by atoms with Crippen molar-refractivity contribution in [3.05, 3.63) is 70.8 Å². The number of nitrogens with one attached hydrogen (secondary N) is 1. The SMILES string of the molecule is O=C1NCc2cc([C@H]3CCCN(Cc4ccccc4)CC3)ccc21. The molecule has 0 spiro atoms. The first-order valence-corrected chi connectivity index (χ1v) is 8.97. The van der Waals surface area contributed by atoms with Gasteiger partial charge in [0.2, 0.25) is 0 Å². The maximum absolute atomic E-state index is 11.7. The van der Waals surface area contributed by atoms with Crippen LogP contribution < -0.4 is 5.32 Å².